The summed E-state index contributed by atoms with van der Waals surface area (Å²) in [5.74, 6) is -0.784. The number of para-hydroxylation sites is 2. The molecule has 6 nitrogen and oxygen atoms in total. The van der Waals surface area contributed by atoms with Crippen LogP contribution in [0.5, 0.6) is 0 Å². The molecule has 0 radical (unpaired) electrons. The van der Waals surface area contributed by atoms with Gasteiger partial charge in [-0.3, -0.25) is 4.79 Å². The number of carbonyl (C=O) groups is 2. The number of amides is 1. The molecule has 0 unspecified atom stereocenters. The summed E-state index contributed by atoms with van der Waals surface area (Å²) >= 11 is 1.76. The van der Waals surface area contributed by atoms with Gasteiger partial charge < -0.3 is 9.64 Å². The maximum absolute atomic E-state index is 13.7. The zero-order chi connectivity index (χ0) is 20.5. The lowest BCUT2D eigenvalue weighted by atomic mass is 10.1. The average Bonchev–Trinajstić information content (AvgIpc) is 3.20. The number of esters is 1. The van der Waals surface area contributed by atoms with Crippen molar-refractivity contribution in [2.45, 2.75) is 30.0 Å². The van der Waals surface area contributed by atoms with E-state index in [1.54, 1.807) is 16.7 Å². The predicted octanol–water partition coefficient (Wildman–Crippen LogP) is 4.19. The Morgan fingerprint density at radius 1 is 1.03 bits per heavy atom. The third kappa shape index (κ3) is 3.42. The summed E-state index contributed by atoms with van der Waals surface area (Å²) in [7, 11) is 1.30. The van der Waals surface area contributed by atoms with Gasteiger partial charge in [0.15, 0.2) is 5.69 Å². The minimum atomic E-state index is -0.579. The molecule has 148 valence electrons. The van der Waals surface area contributed by atoms with Crippen LogP contribution in [0.2, 0.25) is 0 Å². The largest absolute Gasteiger partial charge is 0.464 e. The van der Waals surface area contributed by atoms with E-state index in [0.717, 1.165) is 10.6 Å². The Hall–Kier alpha value is -3.06. The second-order valence-electron chi connectivity index (χ2n) is 6.86. The molecule has 1 aliphatic rings. The van der Waals surface area contributed by atoms with Crippen LogP contribution < -0.4 is 4.90 Å². The lowest BCUT2D eigenvalue weighted by molar-refractivity contribution is 0.0593. The van der Waals surface area contributed by atoms with Crippen molar-refractivity contribution in [2.24, 2.45) is 0 Å². The van der Waals surface area contributed by atoms with Gasteiger partial charge >= 0.3 is 5.97 Å². The molecular weight excluding hydrogens is 386 g/mol. The minimum Gasteiger partial charge on any atom is -0.464 e. The highest BCUT2D eigenvalue weighted by atomic mass is 32.2. The summed E-state index contributed by atoms with van der Waals surface area (Å²) in [6.45, 7) is 4.15. The van der Waals surface area contributed by atoms with Crippen LogP contribution in [0.4, 0.5) is 5.69 Å². The fraction of sp³-hybridized carbons (Fsp3) is 0.227. The van der Waals surface area contributed by atoms with Gasteiger partial charge in [-0.05, 0) is 31.2 Å². The first-order chi connectivity index (χ1) is 14.0. The van der Waals surface area contributed by atoms with Gasteiger partial charge in [0.2, 0.25) is 0 Å². The SMILES string of the molecule is COC(=O)c1cc(C(=O)N2c3ccccc3S[C@H](C)[C@H]2C)n(-c2ccccc2)n1. The summed E-state index contributed by atoms with van der Waals surface area (Å²) in [6, 6.07) is 18.7. The number of nitrogens with zero attached hydrogens (tertiary/aromatic N) is 3. The van der Waals surface area contributed by atoms with Crippen LogP contribution in [-0.2, 0) is 4.74 Å². The van der Waals surface area contributed by atoms with Crippen molar-refractivity contribution in [3.8, 4) is 5.69 Å². The molecule has 0 aliphatic carbocycles. The van der Waals surface area contributed by atoms with Crippen LogP contribution in [0.3, 0.4) is 0 Å². The highest BCUT2D eigenvalue weighted by Gasteiger charge is 2.35. The van der Waals surface area contributed by atoms with E-state index < -0.39 is 5.97 Å². The van der Waals surface area contributed by atoms with E-state index in [9.17, 15) is 9.59 Å². The molecule has 7 heteroatoms. The van der Waals surface area contributed by atoms with Gasteiger partial charge in [-0.2, -0.15) is 5.10 Å². The average molecular weight is 407 g/mol. The lowest BCUT2D eigenvalue weighted by Gasteiger charge is -2.38. The number of thioether (sulfide) groups is 1. The second kappa shape index (κ2) is 7.75. The summed E-state index contributed by atoms with van der Waals surface area (Å²) in [5.41, 5.74) is 1.98. The molecule has 2 heterocycles. The number of methoxy groups -OCH3 is 1. The molecule has 2 aromatic carbocycles. The van der Waals surface area contributed by atoms with E-state index >= 15 is 0 Å². The first-order valence-electron chi connectivity index (χ1n) is 9.34. The van der Waals surface area contributed by atoms with Crippen molar-refractivity contribution in [1.82, 2.24) is 9.78 Å². The smallest absolute Gasteiger partial charge is 0.358 e. The maximum atomic E-state index is 13.7. The number of hydrogen-bond donors (Lipinski definition) is 0. The van der Waals surface area contributed by atoms with Gasteiger partial charge in [0.25, 0.3) is 5.91 Å². The van der Waals surface area contributed by atoms with Crippen LogP contribution in [-0.4, -0.2) is 40.1 Å². The van der Waals surface area contributed by atoms with Gasteiger partial charge in [-0.15, -0.1) is 11.8 Å². The van der Waals surface area contributed by atoms with Crippen molar-refractivity contribution >= 4 is 29.3 Å². The van der Waals surface area contributed by atoms with E-state index in [4.69, 9.17) is 4.74 Å². The number of hydrogen-bond acceptors (Lipinski definition) is 5. The first-order valence-corrected chi connectivity index (χ1v) is 10.2. The van der Waals surface area contributed by atoms with Crippen LogP contribution in [0.15, 0.2) is 65.6 Å². The third-order valence-electron chi connectivity index (χ3n) is 5.07. The summed E-state index contributed by atoms with van der Waals surface area (Å²) in [4.78, 5) is 28.7. The van der Waals surface area contributed by atoms with E-state index in [-0.39, 0.29) is 22.9 Å². The maximum Gasteiger partial charge on any atom is 0.358 e. The number of rotatable bonds is 3. The topological polar surface area (TPSA) is 64.4 Å². The molecule has 0 N–H and O–H groups in total. The monoisotopic (exact) mass is 407 g/mol. The molecule has 0 saturated carbocycles. The van der Waals surface area contributed by atoms with Crippen molar-refractivity contribution in [3.63, 3.8) is 0 Å². The molecule has 3 aromatic rings. The number of anilines is 1. The molecule has 0 spiro atoms. The Labute approximate surface area is 173 Å². The van der Waals surface area contributed by atoms with Crippen LogP contribution in [0, 0.1) is 0 Å². The summed E-state index contributed by atoms with van der Waals surface area (Å²) in [5, 5.41) is 4.58. The fourth-order valence-electron chi connectivity index (χ4n) is 3.41. The van der Waals surface area contributed by atoms with Gasteiger partial charge in [0.1, 0.15) is 5.69 Å². The second-order valence-corrected chi connectivity index (χ2v) is 8.28. The zero-order valence-electron chi connectivity index (χ0n) is 16.4. The predicted molar refractivity (Wildman–Crippen MR) is 113 cm³/mol. The molecule has 0 saturated heterocycles. The first kappa shape index (κ1) is 19.3. The minimum absolute atomic E-state index is 0.0249. The molecular formula is C22H21N3O3S. The fourth-order valence-corrected chi connectivity index (χ4v) is 4.57. The zero-order valence-corrected chi connectivity index (χ0v) is 17.2. The van der Waals surface area contributed by atoms with Crippen molar-refractivity contribution in [1.29, 1.82) is 0 Å². The molecule has 1 aromatic heterocycles. The quantitative estimate of drug-likeness (QED) is 0.609. The number of benzene rings is 2. The van der Waals surface area contributed by atoms with E-state index in [2.05, 4.69) is 12.0 Å². The van der Waals surface area contributed by atoms with Crippen molar-refractivity contribution in [2.75, 3.05) is 12.0 Å². The van der Waals surface area contributed by atoms with Crippen molar-refractivity contribution < 1.29 is 14.3 Å². The molecule has 0 bridgehead atoms. The van der Waals surface area contributed by atoms with Gasteiger partial charge in [0.05, 0.1) is 18.5 Å². The molecule has 29 heavy (non-hydrogen) atoms. The number of carbonyl (C=O) groups excluding carboxylic acids is 2. The third-order valence-corrected chi connectivity index (χ3v) is 6.43. The van der Waals surface area contributed by atoms with E-state index in [0.29, 0.717) is 11.4 Å². The number of aromatic nitrogens is 2. The van der Waals surface area contributed by atoms with Gasteiger partial charge in [0, 0.05) is 22.3 Å². The molecule has 0 fully saturated rings. The Bertz CT molecular complexity index is 1060. The van der Waals surface area contributed by atoms with Crippen LogP contribution in [0.25, 0.3) is 5.69 Å². The highest BCUT2D eigenvalue weighted by Crippen LogP contribution is 2.42. The van der Waals surface area contributed by atoms with Gasteiger partial charge in [-0.1, -0.05) is 37.3 Å². The van der Waals surface area contributed by atoms with E-state index in [1.165, 1.54) is 17.9 Å². The molecule has 4 rings (SSSR count). The molecule has 1 amide bonds. The Kier molecular flexibility index (Phi) is 5.15. The van der Waals surface area contributed by atoms with Crippen molar-refractivity contribution in [3.05, 3.63) is 72.1 Å². The Balaban J connectivity index is 1.85. The lowest BCUT2D eigenvalue weighted by Crippen LogP contribution is -2.46. The van der Waals surface area contributed by atoms with Crippen LogP contribution >= 0.6 is 11.8 Å². The van der Waals surface area contributed by atoms with Crippen LogP contribution in [0.1, 0.15) is 34.8 Å². The number of ether oxygens (including phenoxy) is 1. The summed E-state index contributed by atoms with van der Waals surface area (Å²) < 4.78 is 6.33. The van der Waals surface area contributed by atoms with Gasteiger partial charge in [-0.25, -0.2) is 9.48 Å². The normalized spacial score (nSPS) is 18.2. The summed E-state index contributed by atoms with van der Waals surface area (Å²) in [6.07, 6.45) is 0. The van der Waals surface area contributed by atoms with E-state index in [1.807, 2.05) is 61.5 Å². The Morgan fingerprint density at radius 2 is 1.72 bits per heavy atom. The highest BCUT2D eigenvalue weighted by molar-refractivity contribution is 8.00. The standard InChI is InChI=1S/C22H21N3O3S/c1-14-15(2)29-20-12-8-7-11-18(20)24(14)21(26)19-13-17(22(27)28-3)23-25(19)16-9-5-4-6-10-16/h4-15H,1-3H3/t14-,15-/m1/s1. The molecule has 1 aliphatic heterocycles. The Morgan fingerprint density at radius 3 is 2.45 bits per heavy atom. The molecule has 2 atom stereocenters. The number of fused-ring (bicyclic) bond motifs is 1.